The molecule has 2 amide bonds. The Labute approximate surface area is 460 Å². The number of fused-ring (bicyclic) bond motifs is 4. The molecule has 0 bridgehead atoms. The van der Waals surface area contributed by atoms with Gasteiger partial charge in [-0.3, -0.25) is 19.2 Å². The van der Waals surface area contributed by atoms with Crippen LogP contribution in [0.2, 0.25) is 0 Å². The van der Waals surface area contributed by atoms with Crippen LogP contribution in [-0.2, 0) is 22.4 Å². The number of hydrogen-bond donors (Lipinski definition) is 0. The van der Waals surface area contributed by atoms with E-state index in [9.17, 15) is 19.2 Å². The number of ketones is 2. The Morgan fingerprint density at radius 3 is 1.22 bits per heavy atom. The van der Waals surface area contributed by atoms with E-state index in [2.05, 4.69) is 39.8 Å². The number of furan rings is 2. The van der Waals surface area contributed by atoms with Crippen molar-refractivity contribution in [2.75, 3.05) is 26.2 Å². The molecule has 4 aliphatic heterocycles. The third-order valence-corrected chi connectivity index (χ3v) is 19.0. The van der Waals surface area contributed by atoms with E-state index in [0.29, 0.717) is 97.5 Å². The summed E-state index contributed by atoms with van der Waals surface area (Å²) in [4.78, 5) is 57.5. The second-order valence-electron chi connectivity index (χ2n) is 24.1. The smallest absolute Gasteiger partial charge is 0.254 e. The molecule has 0 radical (unpaired) electrons. The summed E-state index contributed by atoms with van der Waals surface area (Å²) in [7, 11) is 0. The average Bonchev–Trinajstić information content (AvgIpc) is 4.46. The zero-order valence-corrected chi connectivity index (χ0v) is 47.6. The van der Waals surface area contributed by atoms with Crippen molar-refractivity contribution in [3.63, 3.8) is 0 Å². The van der Waals surface area contributed by atoms with Gasteiger partial charge in [-0.15, -0.1) is 0 Å². The van der Waals surface area contributed by atoms with Crippen LogP contribution in [0.3, 0.4) is 0 Å². The number of hydrogen-bond acceptors (Lipinski definition) is 10. The zero-order valence-electron chi connectivity index (χ0n) is 47.6. The lowest BCUT2D eigenvalue weighted by atomic mass is 9.77. The van der Waals surface area contributed by atoms with Crippen molar-refractivity contribution >= 4 is 23.4 Å². The number of carbonyl (C=O) groups excluding carboxylic acids is 4. The second kappa shape index (κ2) is 20.9. The molecule has 0 saturated heterocycles. The van der Waals surface area contributed by atoms with Crippen LogP contribution in [0, 0.1) is 37.5 Å². The molecule has 412 valence electrons. The molecule has 12 heteroatoms. The van der Waals surface area contributed by atoms with Crippen LogP contribution >= 0.6 is 0 Å². The summed E-state index contributed by atoms with van der Waals surface area (Å²) in [6, 6.07) is 7.59. The summed E-state index contributed by atoms with van der Waals surface area (Å²) in [5.41, 5.74) is 12.0. The lowest BCUT2D eigenvalue weighted by Gasteiger charge is -2.37. The van der Waals surface area contributed by atoms with Crippen molar-refractivity contribution in [2.45, 2.75) is 171 Å². The quantitative estimate of drug-likeness (QED) is 0.151. The molecule has 2 saturated carbocycles. The van der Waals surface area contributed by atoms with E-state index in [0.717, 1.165) is 104 Å². The monoisotopic (exact) mass is 1060 g/mol. The van der Waals surface area contributed by atoms with E-state index in [1.165, 1.54) is 38.5 Å². The van der Waals surface area contributed by atoms with Crippen molar-refractivity contribution in [3.05, 3.63) is 116 Å². The van der Waals surface area contributed by atoms with Crippen molar-refractivity contribution in [2.24, 2.45) is 23.7 Å². The summed E-state index contributed by atoms with van der Waals surface area (Å²) < 4.78 is 38.7. The number of amides is 2. The first-order chi connectivity index (χ1) is 37.4. The van der Waals surface area contributed by atoms with Gasteiger partial charge in [-0.25, -0.2) is 0 Å². The SMILES string of the molecule is CCC1CCC([C@@]2(C)Oc3c(C)c4c(c(-c5ccco5)c3O2)CCN(CC2=C(C)C=C(C)CC2=O)C4=O)CC1.CCC1CCC([C@]2(C)Oc3c(C)c4c(c(-c5ccco5)c3O2)CCN(CC2=C(C)C=C(C)CC2=O)C4=O)CC1. The molecule has 6 heterocycles. The van der Waals surface area contributed by atoms with Gasteiger partial charge in [0.15, 0.2) is 34.6 Å². The van der Waals surface area contributed by atoms with Crippen LogP contribution in [0.4, 0.5) is 0 Å². The Morgan fingerprint density at radius 2 is 0.885 bits per heavy atom. The first-order valence-electron chi connectivity index (χ1n) is 29.0. The summed E-state index contributed by atoms with van der Waals surface area (Å²) in [5.74, 6) is 4.73. The molecule has 2 fully saturated rings. The molecular weight excluding hydrogens is 981 g/mol. The fourth-order valence-corrected chi connectivity index (χ4v) is 14.3. The first kappa shape index (κ1) is 53.4. The zero-order chi connectivity index (χ0) is 54.9. The molecule has 0 unspecified atom stereocenters. The molecule has 0 N–H and O–H groups in total. The Balaban J connectivity index is 0.000000165. The molecule has 12 nitrogen and oxygen atoms in total. The maximum absolute atomic E-state index is 14.1. The molecule has 2 aromatic carbocycles. The van der Waals surface area contributed by atoms with Crippen LogP contribution in [0.25, 0.3) is 22.6 Å². The highest BCUT2D eigenvalue weighted by molar-refractivity contribution is 6.06. The van der Waals surface area contributed by atoms with Crippen LogP contribution in [0.15, 0.2) is 91.2 Å². The first-order valence-corrected chi connectivity index (χ1v) is 29.0. The highest BCUT2D eigenvalue weighted by Crippen LogP contribution is 2.57. The predicted octanol–water partition coefficient (Wildman–Crippen LogP) is 14.4. The van der Waals surface area contributed by atoms with Gasteiger partial charge in [0.1, 0.15) is 11.5 Å². The lowest BCUT2D eigenvalue weighted by molar-refractivity contribution is -0.123. The maximum Gasteiger partial charge on any atom is 0.254 e. The standard InChI is InChI=1S/2C33H39NO5/c2*1-6-22-9-11-23(12-10-22)33(5)38-30-21(4)28-24(29(31(30)39-33)27-8-7-15-37-27)13-14-34(32(28)36)18-25-20(3)16-19(2)17-26(25)35/h2*7-8,15-16,22-23H,6,9-14,17-18H2,1-5H3/t2*22?,23?,33-/m10/s1. The van der Waals surface area contributed by atoms with E-state index in [4.69, 9.17) is 27.8 Å². The fourth-order valence-electron chi connectivity index (χ4n) is 14.3. The van der Waals surface area contributed by atoms with Crippen LogP contribution in [-0.4, -0.2) is 70.9 Å². The van der Waals surface area contributed by atoms with E-state index >= 15 is 0 Å². The highest BCUT2D eigenvalue weighted by Gasteiger charge is 2.51. The summed E-state index contributed by atoms with van der Waals surface area (Å²) in [6.07, 6.45) is 21.1. The maximum atomic E-state index is 14.1. The van der Waals surface area contributed by atoms with E-state index < -0.39 is 11.6 Å². The van der Waals surface area contributed by atoms with Crippen molar-refractivity contribution < 1.29 is 47.0 Å². The van der Waals surface area contributed by atoms with Crippen molar-refractivity contribution in [1.82, 2.24) is 9.80 Å². The molecule has 8 aliphatic rings. The van der Waals surface area contributed by atoms with Gasteiger partial charge in [0.05, 0.1) is 34.8 Å². The van der Waals surface area contributed by atoms with Crippen LogP contribution < -0.4 is 18.9 Å². The van der Waals surface area contributed by atoms with Crippen molar-refractivity contribution in [3.8, 4) is 45.6 Å². The molecule has 12 rings (SSSR count). The molecular formula is C66H78N2O10. The number of nitrogens with zero attached hydrogens (tertiary/aromatic N) is 2. The van der Waals surface area contributed by atoms with Gasteiger partial charge in [0.25, 0.3) is 23.4 Å². The fraction of sp³-hybridized carbons (Fsp3) is 0.515. The minimum absolute atomic E-state index is 0.0654. The van der Waals surface area contributed by atoms with Gasteiger partial charge in [-0.2, -0.15) is 0 Å². The average molecular weight is 1060 g/mol. The molecule has 2 atom stereocenters. The number of ether oxygens (including phenoxy) is 4. The third-order valence-electron chi connectivity index (χ3n) is 19.0. The van der Waals surface area contributed by atoms with E-state index in [1.54, 1.807) is 12.5 Å². The molecule has 78 heavy (non-hydrogen) atoms. The van der Waals surface area contributed by atoms with Gasteiger partial charge in [0, 0.05) is 87.0 Å². The third kappa shape index (κ3) is 9.46. The van der Waals surface area contributed by atoms with Gasteiger partial charge in [-0.05, 0) is 164 Å². The molecule has 0 spiro atoms. The van der Waals surface area contributed by atoms with Gasteiger partial charge in [0.2, 0.25) is 0 Å². The molecule has 2 aromatic heterocycles. The van der Waals surface area contributed by atoms with Crippen LogP contribution in [0.5, 0.6) is 23.0 Å². The van der Waals surface area contributed by atoms with E-state index in [-0.39, 0.29) is 35.2 Å². The topological polar surface area (TPSA) is 138 Å². The summed E-state index contributed by atoms with van der Waals surface area (Å²) in [6.45, 7) is 22.2. The Morgan fingerprint density at radius 1 is 0.513 bits per heavy atom. The Bertz CT molecular complexity index is 2990. The van der Waals surface area contributed by atoms with Gasteiger partial charge in [-0.1, -0.05) is 50.0 Å². The number of carbonyl (C=O) groups is 4. The normalized spacial score (nSPS) is 26.7. The minimum Gasteiger partial charge on any atom is -0.464 e. The highest BCUT2D eigenvalue weighted by atomic mass is 16.7. The largest absolute Gasteiger partial charge is 0.464 e. The number of allylic oxidation sites excluding steroid dienone is 6. The summed E-state index contributed by atoms with van der Waals surface area (Å²) in [5, 5.41) is 0. The Kier molecular flexibility index (Phi) is 14.3. The number of Topliss-reactive ketones (excluding diaryl/α,β-unsaturated/α-hetero) is 2. The molecule has 4 aromatic rings. The second-order valence-corrected chi connectivity index (χ2v) is 24.1. The van der Waals surface area contributed by atoms with Crippen molar-refractivity contribution in [1.29, 1.82) is 0 Å². The summed E-state index contributed by atoms with van der Waals surface area (Å²) >= 11 is 0. The van der Waals surface area contributed by atoms with Crippen LogP contribution in [0.1, 0.15) is 175 Å². The Hall–Kier alpha value is -6.56. The van der Waals surface area contributed by atoms with Gasteiger partial charge < -0.3 is 37.6 Å². The molecule has 4 aliphatic carbocycles. The number of benzene rings is 2. The lowest BCUT2D eigenvalue weighted by Crippen LogP contribution is -2.44. The minimum atomic E-state index is -0.777. The predicted molar refractivity (Wildman–Crippen MR) is 300 cm³/mol. The van der Waals surface area contributed by atoms with Gasteiger partial charge >= 0.3 is 0 Å². The van der Waals surface area contributed by atoms with E-state index in [1.807, 2.05) is 75.6 Å². The number of rotatable bonds is 10.